The maximum absolute atomic E-state index is 11.4. The highest BCUT2D eigenvalue weighted by molar-refractivity contribution is 6.02. The van der Waals surface area contributed by atoms with E-state index in [9.17, 15) is 14.7 Å². The minimum absolute atomic E-state index is 0.0176. The lowest BCUT2D eigenvalue weighted by atomic mass is 9.97. The second-order valence-corrected chi connectivity index (χ2v) is 4.50. The van der Waals surface area contributed by atoms with Crippen molar-refractivity contribution in [3.63, 3.8) is 0 Å². The number of rotatable bonds is 2. The summed E-state index contributed by atoms with van der Waals surface area (Å²) in [5.74, 6) is -2.21. The van der Waals surface area contributed by atoms with Crippen molar-refractivity contribution in [2.45, 2.75) is 6.42 Å². The molecule has 0 bridgehead atoms. The molecule has 0 atom stereocenters. The molecule has 0 unspecified atom stereocenters. The molecule has 1 aliphatic rings. The SMILES string of the molecule is O=C(O)c1cc2c(c(C(=O)O)c1)-c1ccccc1C2. The molecule has 0 saturated heterocycles. The Labute approximate surface area is 108 Å². The van der Waals surface area contributed by atoms with Crippen LogP contribution in [0.5, 0.6) is 0 Å². The summed E-state index contributed by atoms with van der Waals surface area (Å²) in [6.45, 7) is 0. The Morgan fingerprint density at radius 1 is 0.947 bits per heavy atom. The van der Waals surface area contributed by atoms with Crippen molar-refractivity contribution in [3.8, 4) is 11.1 Å². The zero-order valence-corrected chi connectivity index (χ0v) is 9.88. The van der Waals surface area contributed by atoms with E-state index in [2.05, 4.69) is 0 Å². The van der Waals surface area contributed by atoms with Crippen LogP contribution >= 0.6 is 0 Å². The van der Waals surface area contributed by atoms with E-state index in [4.69, 9.17) is 5.11 Å². The molecule has 19 heavy (non-hydrogen) atoms. The van der Waals surface area contributed by atoms with Crippen molar-refractivity contribution in [1.82, 2.24) is 0 Å². The summed E-state index contributed by atoms with van der Waals surface area (Å²) in [4.78, 5) is 22.4. The summed E-state index contributed by atoms with van der Waals surface area (Å²) < 4.78 is 0. The second kappa shape index (κ2) is 3.95. The molecular weight excluding hydrogens is 244 g/mol. The quantitative estimate of drug-likeness (QED) is 0.737. The van der Waals surface area contributed by atoms with E-state index < -0.39 is 11.9 Å². The Morgan fingerprint density at radius 3 is 2.37 bits per heavy atom. The minimum atomic E-state index is -1.11. The highest BCUT2D eigenvalue weighted by Gasteiger charge is 2.25. The van der Waals surface area contributed by atoms with Gasteiger partial charge in [-0.1, -0.05) is 24.3 Å². The van der Waals surface area contributed by atoms with Gasteiger partial charge in [0.1, 0.15) is 0 Å². The van der Waals surface area contributed by atoms with E-state index in [1.807, 2.05) is 24.3 Å². The standard InChI is InChI=1S/C15H10O4/c16-14(17)10-6-9-5-8-3-1-2-4-11(8)13(9)12(7-10)15(18)19/h1-4,6-7H,5H2,(H,16,17)(H,18,19). The first-order chi connectivity index (χ1) is 9.08. The van der Waals surface area contributed by atoms with Gasteiger partial charge in [0, 0.05) is 5.56 Å². The third-order valence-electron chi connectivity index (χ3n) is 3.36. The summed E-state index contributed by atoms with van der Waals surface area (Å²) in [5.41, 5.74) is 3.39. The second-order valence-electron chi connectivity index (χ2n) is 4.50. The van der Waals surface area contributed by atoms with Crippen LogP contribution in [0, 0.1) is 0 Å². The van der Waals surface area contributed by atoms with Gasteiger partial charge in [-0.05, 0) is 35.2 Å². The fraction of sp³-hybridized carbons (Fsp3) is 0.0667. The maximum Gasteiger partial charge on any atom is 0.336 e. The molecule has 0 aromatic heterocycles. The lowest BCUT2D eigenvalue weighted by molar-refractivity contribution is 0.0696. The van der Waals surface area contributed by atoms with E-state index in [1.165, 1.54) is 6.07 Å². The fourth-order valence-corrected chi connectivity index (χ4v) is 2.58. The van der Waals surface area contributed by atoms with Crippen molar-refractivity contribution in [3.05, 3.63) is 58.7 Å². The molecule has 94 valence electrons. The number of carbonyl (C=O) groups is 2. The number of carboxylic acid groups (broad SMARTS) is 2. The Morgan fingerprint density at radius 2 is 1.68 bits per heavy atom. The monoisotopic (exact) mass is 254 g/mol. The van der Waals surface area contributed by atoms with Gasteiger partial charge in [0.2, 0.25) is 0 Å². The van der Waals surface area contributed by atoms with Gasteiger partial charge in [-0.3, -0.25) is 0 Å². The number of benzene rings is 2. The van der Waals surface area contributed by atoms with Gasteiger partial charge in [0.15, 0.2) is 0 Å². The van der Waals surface area contributed by atoms with Gasteiger partial charge in [-0.25, -0.2) is 9.59 Å². The van der Waals surface area contributed by atoms with Crippen LogP contribution in [0.4, 0.5) is 0 Å². The molecule has 2 aromatic carbocycles. The Bertz CT molecular complexity index is 716. The van der Waals surface area contributed by atoms with E-state index >= 15 is 0 Å². The summed E-state index contributed by atoms with van der Waals surface area (Å²) in [5, 5.41) is 18.3. The first-order valence-corrected chi connectivity index (χ1v) is 5.79. The van der Waals surface area contributed by atoms with Crippen molar-refractivity contribution in [2.24, 2.45) is 0 Å². The third kappa shape index (κ3) is 1.69. The number of carboxylic acids is 2. The number of aromatic carboxylic acids is 2. The van der Waals surface area contributed by atoms with Crippen LogP contribution in [-0.2, 0) is 6.42 Å². The first kappa shape index (κ1) is 11.5. The van der Waals surface area contributed by atoms with Crippen LogP contribution in [0.1, 0.15) is 31.8 Å². The highest BCUT2D eigenvalue weighted by Crippen LogP contribution is 2.39. The molecule has 0 heterocycles. The molecule has 2 N–H and O–H groups in total. The zero-order chi connectivity index (χ0) is 13.6. The topological polar surface area (TPSA) is 74.6 Å². The predicted octanol–water partition coefficient (Wildman–Crippen LogP) is 2.65. The van der Waals surface area contributed by atoms with Crippen LogP contribution in [0.3, 0.4) is 0 Å². The number of hydrogen-bond donors (Lipinski definition) is 2. The molecule has 2 aromatic rings. The normalized spacial score (nSPS) is 11.8. The fourth-order valence-electron chi connectivity index (χ4n) is 2.58. The van der Waals surface area contributed by atoms with Crippen LogP contribution in [0.25, 0.3) is 11.1 Å². The lowest BCUT2D eigenvalue weighted by Crippen LogP contribution is -2.05. The van der Waals surface area contributed by atoms with Crippen LogP contribution in [0.2, 0.25) is 0 Å². The van der Waals surface area contributed by atoms with E-state index in [0.717, 1.165) is 16.7 Å². The Hall–Kier alpha value is -2.62. The van der Waals surface area contributed by atoms with Gasteiger partial charge in [0.25, 0.3) is 0 Å². The van der Waals surface area contributed by atoms with Crippen LogP contribution < -0.4 is 0 Å². The van der Waals surface area contributed by atoms with Crippen LogP contribution in [0.15, 0.2) is 36.4 Å². The smallest absolute Gasteiger partial charge is 0.336 e. The zero-order valence-electron chi connectivity index (χ0n) is 9.88. The van der Waals surface area contributed by atoms with Crippen LogP contribution in [-0.4, -0.2) is 22.2 Å². The first-order valence-electron chi connectivity index (χ1n) is 5.79. The largest absolute Gasteiger partial charge is 0.478 e. The molecule has 1 aliphatic carbocycles. The van der Waals surface area contributed by atoms with E-state index in [1.54, 1.807) is 6.07 Å². The van der Waals surface area contributed by atoms with Gasteiger partial charge in [-0.15, -0.1) is 0 Å². The predicted molar refractivity (Wildman–Crippen MR) is 68.6 cm³/mol. The van der Waals surface area contributed by atoms with Crippen molar-refractivity contribution < 1.29 is 19.8 Å². The van der Waals surface area contributed by atoms with Crippen molar-refractivity contribution in [1.29, 1.82) is 0 Å². The van der Waals surface area contributed by atoms with Crippen molar-refractivity contribution >= 4 is 11.9 Å². The Balaban J connectivity index is 2.32. The van der Waals surface area contributed by atoms with Gasteiger partial charge >= 0.3 is 11.9 Å². The molecule has 4 nitrogen and oxygen atoms in total. The highest BCUT2D eigenvalue weighted by atomic mass is 16.4. The van der Waals surface area contributed by atoms with E-state index in [0.29, 0.717) is 12.0 Å². The van der Waals surface area contributed by atoms with Gasteiger partial charge < -0.3 is 10.2 Å². The summed E-state index contributed by atoms with van der Waals surface area (Å²) in [6, 6.07) is 10.3. The van der Waals surface area contributed by atoms with Gasteiger partial charge in [-0.2, -0.15) is 0 Å². The molecule has 3 rings (SSSR count). The number of hydrogen-bond acceptors (Lipinski definition) is 2. The molecule has 0 fully saturated rings. The van der Waals surface area contributed by atoms with Crippen molar-refractivity contribution in [2.75, 3.05) is 0 Å². The average Bonchev–Trinajstić information content (AvgIpc) is 2.75. The summed E-state index contributed by atoms with van der Waals surface area (Å²) >= 11 is 0. The lowest BCUT2D eigenvalue weighted by Gasteiger charge is -2.07. The molecule has 0 aliphatic heterocycles. The molecule has 0 spiro atoms. The molecule has 4 heteroatoms. The maximum atomic E-state index is 11.4. The molecule has 0 amide bonds. The summed E-state index contributed by atoms with van der Waals surface area (Å²) in [7, 11) is 0. The third-order valence-corrected chi connectivity index (χ3v) is 3.36. The minimum Gasteiger partial charge on any atom is -0.478 e. The molecule has 0 saturated carbocycles. The molecule has 0 radical (unpaired) electrons. The Kier molecular flexibility index (Phi) is 2.38. The van der Waals surface area contributed by atoms with E-state index in [-0.39, 0.29) is 11.1 Å². The molecular formula is C15H10O4. The van der Waals surface area contributed by atoms with Gasteiger partial charge in [0.05, 0.1) is 11.1 Å². The summed E-state index contributed by atoms with van der Waals surface area (Å²) in [6.07, 6.45) is 0.576. The number of fused-ring (bicyclic) bond motifs is 3. The average molecular weight is 254 g/mol.